The van der Waals surface area contributed by atoms with Crippen LogP contribution in [0.15, 0.2) is 35.0 Å². The summed E-state index contributed by atoms with van der Waals surface area (Å²) in [5, 5.41) is 14.6. The van der Waals surface area contributed by atoms with Crippen LogP contribution in [0.3, 0.4) is 0 Å². The van der Waals surface area contributed by atoms with Crippen molar-refractivity contribution in [2.24, 2.45) is 0 Å². The van der Waals surface area contributed by atoms with E-state index >= 15 is 0 Å². The number of hydrogen-bond acceptors (Lipinski definition) is 3. The second-order valence-corrected chi connectivity index (χ2v) is 4.95. The van der Waals surface area contributed by atoms with Crippen LogP contribution in [0.25, 0.3) is 0 Å². The predicted molar refractivity (Wildman–Crippen MR) is 71.0 cm³/mol. The van der Waals surface area contributed by atoms with E-state index in [-0.39, 0.29) is 0 Å². The van der Waals surface area contributed by atoms with Gasteiger partial charge < -0.3 is 9.84 Å². The molecule has 1 heterocycles. The van der Waals surface area contributed by atoms with Crippen molar-refractivity contribution in [3.63, 3.8) is 0 Å². The summed E-state index contributed by atoms with van der Waals surface area (Å²) in [6.07, 6.45) is -0.0193. The van der Waals surface area contributed by atoms with E-state index in [9.17, 15) is 5.11 Å². The molecule has 2 rings (SSSR count). The molecule has 0 aliphatic carbocycles. The molecule has 0 amide bonds. The number of benzene rings is 1. The number of halogens is 1. The Hall–Kier alpha value is -1.03. The molecule has 2 aromatic rings. The third-order valence-electron chi connectivity index (χ3n) is 2.58. The average Bonchev–Trinajstić information content (AvgIpc) is 2.83. The summed E-state index contributed by atoms with van der Waals surface area (Å²) in [4.78, 5) is 0. The summed E-state index contributed by atoms with van der Waals surface area (Å²) >= 11 is 7.52. The third kappa shape index (κ3) is 3.00. The van der Waals surface area contributed by atoms with Crippen LogP contribution in [0.4, 0.5) is 0 Å². The molecule has 2 nitrogen and oxygen atoms in total. The lowest BCUT2D eigenvalue weighted by molar-refractivity contribution is 0.177. The number of hydrogen-bond donors (Lipinski definition) is 1. The second kappa shape index (κ2) is 5.54. The smallest absolute Gasteiger partial charge is 0.122 e. The van der Waals surface area contributed by atoms with Crippen molar-refractivity contribution in [2.45, 2.75) is 12.5 Å². The fourth-order valence-corrected chi connectivity index (χ4v) is 2.60. The van der Waals surface area contributed by atoms with Gasteiger partial charge in [-0.1, -0.05) is 11.6 Å². The Morgan fingerprint density at radius 3 is 2.88 bits per heavy atom. The van der Waals surface area contributed by atoms with E-state index < -0.39 is 6.10 Å². The van der Waals surface area contributed by atoms with Crippen LogP contribution in [-0.4, -0.2) is 12.2 Å². The van der Waals surface area contributed by atoms with Crippen molar-refractivity contribution in [3.8, 4) is 5.75 Å². The molecule has 90 valence electrons. The maximum absolute atomic E-state index is 10.1. The monoisotopic (exact) mass is 268 g/mol. The van der Waals surface area contributed by atoms with Crippen LogP contribution in [0, 0.1) is 0 Å². The summed E-state index contributed by atoms with van der Waals surface area (Å²) in [6, 6.07) is 7.35. The Labute approximate surface area is 109 Å². The molecule has 17 heavy (non-hydrogen) atoms. The van der Waals surface area contributed by atoms with Gasteiger partial charge in [-0.15, -0.1) is 0 Å². The first-order valence-electron chi connectivity index (χ1n) is 5.23. The minimum atomic E-state index is -0.520. The van der Waals surface area contributed by atoms with Crippen molar-refractivity contribution >= 4 is 22.9 Å². The van der Waals surface area contributed by atoms with Crippen molar-refractivity contribution in [2.75, 3.05) is 7.11 Å². The lowest BCUT2D eigenvalue weighted by atomic mass is 10.0. The van der Waals surface area contributed by atoms with E-state index in [0.29, 0.717) is 11.4 Å². The SMILES string of the molecule is COc1ccc(Cl)cc1CC(O)c1ccsc1. The summed E-state index contributed by atoms with van der Waals surface area (Å²) < 4.78 is 5.25. The summed E-state index contributed by atoms with van der Waals surface area (Å²) in [6.45, 7) is 0. The molecular formula is C13H13ClO2S. The highest BCUT2D eigenvalue weighted by atomic mass is 35.5. The maximum Gasteiger partial charge on any atom is 0.122 e. The number of thiophene rings is 1. The van der Waals surface area contributed by atoms with E-state index in [0.717, 1.165) is 16.9 Å². The van der Waals surface area contributed by atoms with Crippen molar-refractivity contribution in [3.05, 3.63) is 51.2 Å². The minimum Gasteiger partial charge on any atom is -0.496 e. The normalized spacial score (nSPS) is 12.4. The zero-order chi connectivity index (χ0) is 12.3. The first kappa shape index (κ1) is 12.4. The van der Waals surface area contributed by atoms with E-state index in [1.807, 2.05) is 29.0 Å². The summed E-state index contributed by atoms with van der Waals surface area (Å²) in [5.74, 6) is 0.753. The summed E-state index contributed by atoms with van der Waals surface area (Å²) in [5.41, 5.74) is 1.84. The van der Waals surface area contributed by atoms with E-state index in [1.54, 1.807) is 24.5 Å². The van der Waals surface area contributed by atoms with Gasteiger partial charge in [0.2, 0.25) is 0 Å². The van der Waals surface area contributed by atoms with Crippen LogP contribution < -0.4 is 4.74 Å². The fourth-order valence-electron chi connectivity index (χ4n) is 1.70. The molecule has 0 bridgehead atoms. The van der Waals surface area contributed by atoms with Crippen molar-refractivity contribution < 1.29 is 9.84 Å². The molecule has 1 N–H and O–H groups in total. The van der Waals surface area contributed by atoms with E-state index in [1.165, 1.54) is 0 Å². The Kier molecular flexibility index (Phi) is 4.05. The molecule has 0 aliphatic heterocycles. The Morgan fingerprint density at radius 1 is 1.41 bits per heavy atom. The quantitative estimate of drug-likeness (QED) is 0.916. The molecule has 0 fully saturated rings. The van der Waals surface area contributed by atoms with Crippen LogP contribution >= 0.6 is 22.9 Å². The Bertz CT molecular complexity index is 482. The van der Waals surface area contributed by atoms with Gasteiger partial charge in [-0.25, -0.2) is 0 Å². The molecular weight excluding hydrogens is 256 g/mol. The molecule has 0 radical (unpaired) electrons. The zero-order valence-electron chi connectivity index (χ0n) is 9.39. The van der Waals surface area contributed by atoms with Gasteiger partial charge in [-0.2, -0.15) is 11.3 Å². The molecule has 0 spiro atoms. The first-order valence-corrected chi connectivity index (χ1v) is 6.55. The average molecular weight is 269 g/mol. The molecule has 4 heteroatoms. The highest BCUT2D eigenvalue weighted by Crippen LogP contribution is 2.28. The van der Waals surface area contributed by atoms with Gasteiger partial charge in [-0.05, 0) is 46.2 Å². The lowest BCUT2D eigenvalue weighted by Gasteiger charge is -2.12. The van der Waals surface area contributed by atoms with Crippen LogP contribution in [0.2, 0.25) is 5.02 Å². The highest BCUT2D eigenvalue weighted by Gasteiger charge is 2.12. The summed E-state index contributed by atoms with van der Waals surface area (Å²) in [7, 11) is 1.61. The topological polar surface area (TPSA) is 29.5 Å². The van der Waals surface area contributed by atoms with E-state index in [4.69, 9.17) is 16.3 Å². The molecule has 1 aromatic carbocycles. The standard InChI is InChI=1S/C13H13ClO2S/c1-16-13-3-2-11(14)6-10(13)7-12(15)9-4-5-17-8-9/h2-6,8,12,15H,7H2,1H3. The zero-order valence-corrected chi connectivity index (χ0v) is 11.0. The maximum atomic E-state index is 10.1. The van der Waals surface area contributed by atoms with Crippen LogP contribution in [-0.2, 0) is 6.42 Å². The molecule has 1 aromatic heterocycles. The lowest BCUT2D eigenvalue weighted by Crippen LogP contribution is -2.02. The number of aliphatic hydroxyl groups is 1. The highest BCUT2D eigenvalue weighted by molar-refractivity contribution is 7.07. The molecule has 0 saturated heterocycles. The fraction of sp³-hybridized carbons (Fsp3) is 0.231. The van der Waals surface area contributed by atoms with Gasteiger partial charge in [0.1, 0.15) is 5.75 Å². The number of rotatable bonds is 4. The van der Waals surface area contributed by atoms with Gasteiger partial charge in [0.05, 0.1) is 13.2 Å². The van der Waals surface area contributed by atoms with Gasteiger partial charge in [0, 0.05) is 11.4 Å². The molecule has 0 saturated carbocycles. The van der Waals surface area contributed by atoms with Crippen molar-refractivity contribution in [1.29, 1.82) is 0 Å². The van der Waals surface area contributed by atoms with Gasteiger partial charge in [0.15, 0.2) is 0 Å². The number of aliphatic hydroxyl groups excluding tert-OH is 1. The van der Waals surface area contributed by atoms with Gasteiger partial charge in [0.25, 0.3) is 0 Å². The molecule has 1 atom stereocenters. The van der Waals surface area contributed by atoms with Crippen LogP contribution in [0.5, 0.6) is 5.75 Å². The predicted octanol–water partition coefficient (Wildman–Crippen LogP) is 3.69. The van der Waals surface area contributed by atoms with E-state index in [2.05, 4.69) is 0 Å². The van der Waals surface area contributed by atoms with Crippen molar-refractivity contribution in [1.82, 2.24) is 0 Å². The van der Waals surface area contributed by atoms with Gasteiger partial charge >= 0.3 is 0 Å². The Balaban J connectivity index is 2.20. The largest absolute Gasteiger partial charge is 0.496 e. The first-order chi connectivity index (χ1) is 8.20. The number of methoxy groups -OCH3 is 1. The third-order valence-corrected chi connectivity index (χ3v) is 3.52. The van der Waals surface area contributed by atoms with Crippen LogP contribution in [0.1, 0.15) is 17.2 Å². The Morgan fingerprint density at radius 2 is 2.24 bits per heavy atom. The van der Waals surface area contributed by atoms with Gasteiger partial charge in [-0.3, -0.25) is 0 Å². The second-order valence-electron chi connectivity index (χ2n) is 3.73. The minimum absolute atomic E-state index is 0.500. The number of ether oxygens (including phenoxy) is 1. The molecule has 1 unspecified atom stereocenters. The molecule has 0 aliphatic rings.